The molecule has 4 nitrogen and oxygen atoms in total. The maximum atomic E-state index is 11.9. The van der Waals surface area contributed by atoms with Crippen molar-refractivity contribution in [3.63, 3.8) is 0 Å². The van der Waals surface area contributed by atoms with Crippen LogP contribution in [0.5, 0.6) is 0 Å². The second-order valence-corrected chi connectivity index (χ2v) is 4.98. The standard InChI is InChI=1S/C13H14BrN3O/c1-9-3-4-10(7-12(9)14)13(18)15-8-11-5-6-17(2)16-11/h3-7H,8H2,1-2H3,(H,15,18). The van der Waals surface area contributed by atoms with Gasteiger partial charge in [-0.05, 0) is 30.7 Å². The van der Waals surface area contributed by atoms with Crippen LogP contribution in [0.2, 0.25) is 0 Å². The van der Waals surface area contributed by atoms with Crippen LogP contribution in [0, 0.1) is 6.92 Å². The Morgan fingerprint density at radius 1 is 1.44 bits per heavy atom. The molecule has 0 radical (unpaired) electrons. The van der Waals surface area contributed by atoms with Gasteiger partial charge < -0.3 is 5.32 Å². The number of nitrogens with zero attached hydrogens (tertiary/aromatic N) is 2. The average molecular weight is 308 g/mol. The van der Waals surface area contributed by atoms with Gasteiger partial charge in [0.05, 0.1) is 12.2 Å². The van der Waals surface area contributed by atoms with Crippen LogP contribution in [0.4, 0.5) is 0 Å². The first-order valence-electron chi connectivity index (χ1n) is 5.59. The largest absolute Gasteiger partial charge is 0.346 e. The smallest absolute Gasteiger partial charge is 0.251 e. The summed E-state index contributed by atoms with van der Waals surface area (Å²) in [5, 5.41) is 7.04. The lowest BCUT2D eigenvalue weighted by molar-refractivity contribution is 0.0950. The van der Waals surface area contributed by atoms with Crippen LogP contribution in [0.3, 0.4) is 0 Å². The molecule has 0 saturated heterocycles. The van der Waals surface area contributed by atoms with Gasteiger partial charge in [0.2, 0.25) is 0 Å². The molecule has 0 aliphatic carbocycles. The topological polar surface area (TPSA) is 46.9 Å². The van der Waals surface area contributed by atoms with Crippen LogP contribution in [0.1, 0.15) is 21.6 Å². The lowest BCUT2D eigenvalue weighted by Crippen LogP contribution is -2.23. The summed E-state index contributed by atoms with van der Waals surface area (Å²) in [4.78, 5) is 11.9. The molecular weight excluding hydrogens is 294 g/mol. The van der Waals surface area contributed by atoms with Crippen LogP contribution in [-0.4, -0.2) is 15.7 Å². The number of halogens is 1. The molecule has 0 spiro atoms. The first-order chi connectivity index (χ1) is 8.56. The minimum atomic E-state index is -0.0960. The minimum absolute atomic E-state index is 0.0960. The molecule has 5 heteroatoms. The van der Waals surface area contributed by atoms with Crippen molar-refractivity contribution in [3.8, 4) is 0 Å². The Balaban J connectivity index is 2.01. The third-order valence-corrected chi connectivity index (χ3v) is 3.49. The molecule has 0 aliphatic rings. The van der Waals surface area contributed by atoms with Gasteiger partial charge in [0.1, 0.15) is 0 Å². The van der Waals surface area contributed by atoms with Crippen LogP contribution >= 0.6 is 15.9 Å². The van der Waals surface area contributed by atoms with Crippen molar-refractivity contribution in [2.24, 2.45) is 7.05 Å². The molecule has 0 aliphatic heterocycles. The molecule has 1 aromatic heterocycles. The molecule has 18 heavy (non-hydrogen) atoms. The number of carbonyl (C=O) groups is 1. The molecule has 1 N–H and O–H groups in total. The zero-order valence-corrected chi connectivity index (χ0v) is 11.9. The Morgan fingerprint density at radius 3 is 2.83 bits per heavy atom. The molecular formula is C13H14BrN3O. The van der Waals surface area contributed by atoms with Gasteiger partial charge in [-0.2, -0.15) is 5.10 Å². The Labute approximate surface area is 114 Å². The number of nitrogens with one attached hydrogen (secondary N) is 1. The molecule has 0 atom stereocenters. The fourth-order valence-corrected chi connectivity index (χ4v) is 1.94. The quantitative estimate of drug-likeness (QED) is 0.946. The SMILES string of the molecule is Cc1ccc(C(=O)NCc2ccn(C)n2)cc1Br. The normalized spacial score (nSPS) is 10.4. The number of benzene rings is 1. The van der Waals surface area contributed by atoms with E-state index in [9.17, 15) is 4.79 Å². The zero-order valence-electron chi connectivity index (χ0n) is 10.3. The van der Waals surface area contributed by atoms with E-state index in [4.69, 9.17) is 0 Å². The number of carbonyl (C=O) groups excluding carboxylic acids is 1. The van der Waals surface area contributed by atoms with E-state index >= 15 is 0 Å². The molecule has 2 aromatic rings. The highest BCUT2D eigenvalue weighted by atomic mass is 79.9. The number of aryl methyl sites for hydroxylation is 2. The highest BCUT2D eigenvalue weighted by Gasteiger charge is 2.07. The second kappa shape index (κ2) is 5.35. The summed E-state index contributed by atoms with van der Waals surface area (Å²) in [6.07, 6.45) is 1.85. The van der Waals surface area contributed by atoms with Crippen LogP contribution in [0.25, 0.3) is 0 Å². The summed E-state index contributed by atoms with van der Waals surface area (Å²) in [5.74, 6) is -0.0960. The second-order valence-electron chi connectivity index (χ2n) is 4.13. The lowest BCUT2D eigenvalue weighted by Gasteiger charge is -2.05. The van der Waals surface area contributed by atoms with Gasteiger partial charge in [0.25, 0.3) is 5.91 Å². The summed E-state index contributed by atoms with van der Waals surface area (Å²) in [6, 6.07) is 7.43. The number of amides is 1. The van der Waals surface area contributed by atoms with Crippen molar-refractivity contribution in [3.05, 3.63) is 51.8 Å². The zero-order chi connectivity index (χ0) is 13.1. The van der Waals surface area contributed by atoms with Crippen molar-refractivity contribution in [1.82, 2.24) is 15.1 Å². The number of hydrogen-bond acceptors (Lipinski definition) is 2. The highest BCUT2D eigenvalue weighted by Crippen LogP contribution is 2.17. The van der Waals surface area contributed by atoms with E-state index in [0.717, 1.165) is 15.7 Å². The molecule has 0 unspecified atom stereocenters. The van der Waals surface area contributed by atoms with E-state index in [1.165, 1.54) is 0 Å². The van der Waals surface area contributed by atoms with Crippen LogP contribution < -0.4 is 5.32 Å². The van der Waals surface area contributed by atoms with Crippen molar-refractivity contribution in [2.75, 3.05) is 0 Å². The minimum Gasteiger partial charge on any atom is -0.346 e. The van der Waals surface area contributed by atoms with Gasteiger partial charge in [-0.3, -0.25) is 9.48 Å². The fraction of sp³-hybridized carbons (Fsp3) is 0.231. The first kappa shape index (κ1) is 12.8. The third-order valence-electron chi connectivity index (χ3n) is 2.63. The van der Waals surface area contributed by atoms with Gasteiger partial charge in [-0.25, -0.2) is 0 Å². The Morgan fingerprint density at radius 2 is 2.22 bits per heavy atom. The van der Waals surface area contributed by atoms with E-state index in [-0.39, 0.29) is 5.91 Å². The van der Waals surface area contributed by atoms with E-state index < -0.39 is 0 Å². The maximum absolute atomic E-state index is 11.9. The van der Waals surface area contributed by atoms with Crippen molar-refractivity contribution in [1.29, 1.82) is 0 Å². The van der Waals surface area contributed by atoms with Gasteiger partial charge in [0, 0.05) is 23.3 Å². The highest BCUT2D eigenvalue weighted by molar-refractivity contribution is 9.10. The van der Waals surface area contributed by atoms with Gasteiger partial charge in [0.15, 0.2) is 0 Å². The van der Waals surface area contributed by atoms with Crippen LogP contribution in [0.15, 0.2) is 34.9 Å². The summed E-state index contributed by atoms with van der Waals surface area (Å²) in [7, 11) is 1.85. The number of hydrogen-bond donors (Lipinski definition) is 1. The number of rotatable bonds is 3. The van der Waals surface area contributed by atoms with Gasteiger partial charge in [-0.1, -0.05) is 22.0 Å². The summed E-state index contributed by atoms with van der Waals surface area (Å²) < 4.78 is 2.65. The molecule has 1 heterocycles. The summed E-state index contributed by atoms with van der Waals surface area (Å²) >= 11 is 3.42. The first-order valence-corrected chi connectivity index (χ1v) is 6.38. The van der Waals surface area contributed by atoms with Crippen LogP contribution in [-0.2, 0) is 13.6 Å². The Bertz CT molecular complexity index is 577. The molecule has 0 bridgehead atoms. The fourth-order valence-electron chi connectivity index (χ4n) is 1.56. The molecule has 1 aromatic carbocycles. The van der Waals surface area contributed by atoms with Gasteiger partial charge in [-0.15, -0.1) is 0 Å². The Hall–Kier alpha value is -1.62. The molecule has 1 amide bonds. The summed E-state index contributed by atoms with van der Waals surface area (Å²) in [6.45, 7) is 2.42. The molecule has 2 rings (SSSR count). The molecule has 94 valence electrons. The van der Waals surface area contributed by atoms with Gasteiger partial charge >= 0.3 is 0 Å². The predicted octanol–water partition coefficient (Wildman–Crippen LogP) is 2.42. The van der Waals surface area contributed by atoms with Crippen molar-refractivity contribution < 1.29 is 4.79 Å². The van der Waals surface area contributed by atoms with E-state index in [1.807, 2.05) is 44.4 Å². The van der Waals surface area contributed by atoms with E-state index in [1.54, 1.807) is 4.68 Å². The lowest BCUT2D eigenvalue weighted by atomic mass is 10.1. The molecule has 0 fully saturated rings. The van der Waals surface area contributed by atoms with Crippen molar-refractivity contribution in [2.45, 2.75) is 13.5 Å². The van der Waals surface area contributed by atoms with E-state index in [2.05, 4.69) is 26.3 Å². The molecule has 0 saturated carbocycles. The average Bonchev–Trinajstić information content (AvgIpc) is 2.75. The third kappa shape index (κ3) is 2.98. The monoisotopic (exact) mass is 307 g/mol. The summed E-state index contributed by atoms with van der Waals surface area (Å²) in [5.41, 5.74) is 2.59. The van der Waals surface area contributed by atoms with Crippen molar-refractivity contribution >= 4 is 21.8 Å². The Kier molecular flexibility index (Phi) is 3.81. The number of aromatic nitrogens is 2. The predicted molar refractivity (Wildman–Crippen MR) is 73.3 cm³/mol. The van der Waals surface area contributed by atoms with E-state index in [0.29, 0.717) is 12.1 Å². The maximum Gasteiger partial charge on any atom is 0.251 e.